The number of aromatic nitrogens is 4. The van der Waals surface area contributed by atoms with E-state index in [1.54, 1.807) is 0 Å². The molecule has 7 aromatic carbocycles. The molecule has 0 atom stereocenters. The van der Waals surface area contributed by atoms with Gasteiger partial charge in [0.1, 0.15) is 16.9 Å². The SMILES string of the molecule is c1ccc(-c2nc(-c3ccc4ccccc4c3)nc(-c3ncc(-c4ccc5ccccc5c4)c4oc5cc6ccccc6cc5c34)n2)cc1. The molecule has 10 aromatic rings. The van der Waals surface area contributed by atoms with Gasteiger partial charge in [-0.05, 0) is 62.1 Å². The molecule has 0 bridgehead atoms. The molecule has 0 saturated heterocycles. The highest BCUT2D eigenvalue weighted by atomic mass is 16.3. The maximum atomic E-state index is 6.79. The Morgan fingerprint density at radius 3 is 1.63 bits per heavy atom. The molecule has 10 rings (SSSR count). The van der Waals surface area contributed by atoms with Crippen LogP contribution in [0.25, 0.3) is 99.7 Å². The zero-order valence-electron chi connectivity index (χ0n) is 26.2. The molecule has 0 aliphatic rings. The van der Waals surface area contributed by atoms with Crippen molar-refractivity contribution < 1.29 is 4.42 Å². The van der Waals surface area contributed by atoms with Crippen LogP contribution in [0, 0.1) is 0 Å². The van der Waals surface area contributed by atoms with Crippen molar-refractivity contribution in [3.63, 3.8) is 0 Å². The Morgan fingerprint density at radius 2 is 0.939 bits per heavy atom. The van der Waals surface area contributed by atoms with Crippen LogP contribution in [0.2, 0.25) is 0 Å². The van der Waals surface area contributed by atoms with Crippen LogP contribution in [0.4, 0.5) is 0 Å². The molecule has 0 saturated carbocycles. The zero-order valence-corrected chi connectivity index (χ0v) is 26.2. The van der Waals surface area contributed by atoms with Gasteiger partial charge in [0.25, 0.3) is 0 Å². The van der Waals surface area contributed by atoms with Crippen molar-refractivity contribution in [1.29, 1.82) is 0 Å². The highest BCUT2D eigenvalue weighted by Gasteiger charge is 2.22. The van der Waals surface area contributed by atoms with Crippen molar-refractivity contribution in [3.8, 4) is 45.4 Å². The number of furan rings is 1. The Balaban J connectivity index is 1.27. The van der Waals surface area contributed by atoms with Gasteiger partial charge in [-0.25, -0.2) is 15.0 Å². The van der Waals surface area contributed by atoms with Gasteiger partial charge in [0, 0.05) is 28.3 Å². The van der Waals surface area contributed by atoms with Gasteiger partial charge in [-0.3, -0.25) is 4.98 Å². The molecule has 49 heavy (non-hydrogen) atoms. The van der Waals surface area contributed by atoms with E-state index in [0.717, 1.165) is 71.1 Å². The fraction of sp³-hybridized carbons (Fsp3) is 0. The van der Waals surface area contributed by atoms with Crippen LogP contribution in [0.15, 0.2) is 162 Å². The number of hydrogen-bond donors (Lipinski definition) is 0. The third-order valence-electron chi connectivity index (χ3n) is 9.31. The number of hydrogen-bond acceptors (Lipinski definition) is 5. The Morgan fingerprint density at radius 1 is 0.408 bits per heavy atom. The minimum absolute atomic E-state index is 0.489. The van der Waals surface area contributed by atoms with Crippen molar-refractivity contribution in [3.05, 3.63) is 158 Å². The minimum atomic E-state index is 0.489. The van der Waals surface area contributed by atoms with E-state index in [1.165, 1.54) is 5.39 Å². The maximum Gasteiger partial charge on any atom is 0.183 e. The van der Waals surface area contributed by atoms with Crippen LogP contribution in [0.5, 0.6) is 0 Å². The zero-order chi connectivity index (χ0) is 32.3. The van der Waals surface area contributed by atoms with Gasteiger partial charge in [-0.2, -0.15) is 0 Å². The first-order chi connectivity index (χ1) is 24.2. The lowest BCUT2D eigenvalue weighted by Gasteiger charge is -2.11. The Bertz CT molecular complexity index is 2890. The summed E-state index contributed by atoms with van der Waals surface area (Å²) < 4.78 is 6.79. The summed E-state index contributed by atoms with van der Waals surface area (Å²) in [6, 6.07) is 52.2. The summed E-state index contributed by atoms with van der Waals surface area (Å²) in [6.45, 7) is 0. The molecule has 0 fully saturated rings. The molecule has 0 spiro atoms. The van der Waals surface area contributed by atoms with Crippen molar-refractivity contribution in [1.82, 2.24) is 19.9 Å². The van der Waals surface area contributed by atoms with E-state index in [4.69, 9.17) is 24.4 Å². The first kappa shape index (κ1) is 27.4. The normalized spacial score (nSPS) is 11.7. The fourth-order valence-electron chi connectivity index (χ4n) is 6.85. The van der Waals surface area contributed by atoms with Crippen LogP contribution in [0.3, 0.4) is 0 Å². The first-order valence-corrected chi connectivity index (χ1v) is 16.3. The van der Waals surface area contributed by atoms with Crippen molar-refractivity contribution >= 4 is 54.3 Å². The Labute approximate surface area is 281 Å². The quantitative estimate of drug-likeness (QED) is 0.194. The molecule has 0 amide bonds. The van der Waals surface area contributed by atoms with Gasteiger partial charge in [0.2, 0.25) is 0 Å². The van der Waals surface area contributed by atoms with Gasteiger partial charge >= 0.3 is 0 Å². The van der Waals surface area contributed by atoms with E-state index in [2.05, 4.69) is 109 Å². The summed E-state index contributed by atoms with van der Waals surface area (Å²) in [7, 11) is 0. The highest BCUT2D eigenvalue weighted by Crippen LogP contribution is 2.42. The Hall–Kier alpha value is -6.72. The smallest absolute Gasteiger partial charge is 0.183 e. The number of fused-ring (bicyclic) bond motifs is 6. The van der Waals surface area contributed by atoms with Crippen molar-refractivity contribution in [2.75, 3.05) is 0 Å². The lowest BCUT2D eigenvalue weighted by Crippen LogP contribution is -2.02. The fourth-order valence-corrected chi connectivity index (χ4v) is 6.85. The van der Waals surface area contributed by atoms with Gasteiger partial charge in [0.05, 0.1) is 5.39 Å². The first-order valence-electron chi connectivity index (χ1n) is 16.3. The predicted molar refractivity (Wildman–Crippen MR) is 199 cm³/mol. The van der Waals surface area contributed by atoms with Crippen molar-refractivity contribution in [2.24, 2.45) is 0 Å². The predicted octanol–water partition coefficient (Wildman–Crippen LogP) is 11.3. The molecule has 5 heteroatoms. The number of nitrogens with zero attached hydrogens (tertiary/aromatic N) is 4. The number of pyridine rings is 1. The van der Waals surface area contributed by atoms with Crippen molar-refractivity contribution in [2.45, 2.75) is 0 Å². The van der Waals surface area contributed by atoms with Crippen LogP contribution in [0.1, 0.15) is 0 Å². The molecule has 3 heterocycles. The van der Waals surface area contributed by atoms with Gasteiger partial charge in [0.15, 0.2) is 17.5 Å². The molecule has 0 aliphatic carbocycles. The van der Waals surface area contributed by atoms with Gasteiger partial charge in [-0.1, -0.05) is 127 Å². The van der Waals surface area contributed by atoms with Gasteiger partial charge < -0.3 is 4.42 Å². The molecule has 0 unspecified atom stereocenters. The summed E-state index contributed by atoms with van der Waals surface area (Å²) in [6.07, 6.45) is 1.89. The van der Waals surface area contributed by atoms with E-state index >= 15 is 0 Å². The summed E-state index contributed by atoms with van der Waals surface area (Å²) in [4.78, 5) is 20.3. The minimum Gasteiger partial charge on any atom is -0.455 e. The second-order valence-electron chi connectivity index (χ2n) is 12.3. The monoisotopic (exact) mass is 626 g/mol. The standard InChI is InChI=1S/C44H26N4O/c1-2-12-29(13-3-1)42-46-43(35-21-19-28-11-5-7-15-31(28)23-35)48-44(47-42)40-39-36-24-32-16-8-9-17-33(32)25-38(36)49-41(39)37(26-45-40)34-20-18-27-10-4-6-14-30(27)22-34/h1-26H. The third-order valence-corrected chi connectivity index (χ3v) is 9.31. The summed E-state index contributed by atoms with van der Waals surface area (Å²) in [5, 5.41) is 8.70. The van der Waals surface area contributed by atoms with Crippen LogP contribution in [-0.4, -0.2) is 19.9 Å². The Kier molecular flexibility index (Phi) is 6.11. The lowest BCUT2D eigenvalue weighted by atomic mass is 9.99. The third kappa shape index (κ3) is 4.63. The molecule has 3 aromatic heterocycles. The highest BCUT2D eigenvalue weighted by molar-refractivity contribution is 6.17. The average molecular weight is 627 g/mol. The van der Waals surface area contributed by atoms with E-state index in [-0.39, 0.29) is 0 Å². The summed E-state index contributed by atoms with van der Waals surface area (Å²) in [5.41, 5.74) is 5.94. The molecule has 5 nitrogen and oxygen atoms in total. The summed E-state index contributed by atoms with van der Waals surface area (Å²) in [5.74, 6) is 1.66. The van der Waals surface area contributed by atoms with Gasteiger partial charge in [-0.15, -0.1) is 0 Å². The lowest BCUT2D eigenvalue weighted by molar-refractivity contribution is 0.670. The van der Waals surface area contributed by atoms with E-state index < -0.39 is 0 Å². The largest absolute Gasteiger partial charge is 0.455 e. The molecular formula is C44H26N4O. The molecule has 0 radical (unpaired) electrons. The number of benzene rings is 7. The molecule has 0 aliphatic heterocycles. The van der Waals surface area contributed by atoms with Crippen LogP contribution >= 0.6 is 0 Å². The van der Waals surface area contributed by atoms with Crippen LogP contribution < -0.4 is 0 Å². The topological polar surface area (TPSA) is 64.7 Å². The second-order valence-corrected chi connectivity index (χ2v) is 12.3. The molecular weight excluding hydrogens is 601 g/mol. The summed E-state index contributed by atoms with van der Waals surface area (Å²) >= 11 is 0. The van der Waals surface area contributed by atoms with E-state index in [1.807, 2.05) is 48.7 Å². The molecule has 228 valence electrons. The molecule has 0 N–H and O–H groups in total. The van der Waals surface area contributed by atoms with E-state index in [9.17, 15) is 0 Å². The number of rotatable bonds is 4. The maximum absolute atomic E-state index is 6.79. The average Bonchev–Trinajstić information content (AvgIpc) is 3.54. The second kappa shape index (κ2) is 10.9. The van der Waals surface area contributed by atoms with Crippen LogP contribution in [-0.2, 0) is 0 Å². The van der Waals surface area contributed by atoms with E-state index in [0.29, 0.717) is 23.2 Å².